The van der Waals surface area contributed by atoms with E-state index in [2.05, 4.69) is 10.1 Å². The average molecular weight is 357 g/mol. The predicted octanol–water partition coefficient (Wildman–Crippen LogP) is 1.81. The van der Waals surface area contributed by atoms with E-state index in [1.165, 1.54) is 10.6 Å². The fourth-order valence-electron chi connectivity index (χ4n) is 2.70. The molecule has 3 rings (SSSR count). The maximum atomic E-state index is 12.3. The van der Waals surface area contributed by atoms with Crippen LogP contribution in [0.25, 0.3) is 16.8 Å². The first-order valence-corrected chi connectivity index (χ1v) is 8.05. The van der Waals surface area contributed by atoms with Crippen LogP contribution in [0.1, 0.15) is 12.6 Å². The largest absolute Gasteiger partial charge is 0.493 e. The van der Waals surface area contributed by atoms with Gasteiger partial charge >= 0.3 is 5.97 Å². The van der Waals surface area contributed by atoms with Crippen LogP contribution in [0.15, 0.2) is 35.3 Å². The van der Waals surface area contributed by atoms with Crippen LogP contribution < -0.4 is 15.0 Å². The summed E-state index contributed by atoms with van der Waals surface area (Å²) in [7, 11) is 3.11. The number of methoxy groups -OCH3 is 2. The van der Waals surface area contributed by atoms with E-state index in [4.69, 9.17) is 14.2 Å². The van der Waals surface area contributed by atoms with Gasteiger partial charge in [0.15, 0.2) is 17.1 Å². The number of H-pyrrole nitrogens is 1. The molecule has 0 saturated carbocycles. The summed E-state index contributed by atoms with van der Waals surface area (Å²) in [5.74, 6) is 0.741. The molecule has 0 aliphatic carbocycles. The number of esters is 1. The van der Waals surface area contributed by atoms with Crippen molar-refractivity contribution in [2.45, 2.75) is 13.3 Å². The second kappa shape index (κ2) is 7.30. The zero-order valence-electron chi connectivity index (χ0n) is 14.7. The van der Waals surface area contributed by atoms with E-state index in [0.29, 0.717) is 28.4 Å². The Balaban J connectivity index is 2.08. The lowest BCUT2D eigenvalue weighted by Gasteiger charge is -2.09. The van der Waals surface area contributed by atoms with Gasteiger partial charge in [0.2, 0.25) is 0 Å². The van der Waals surface area contributed by atoms with E-state index in [0.717, 1.165) is 5.56 Å². The highest BCUT2D eigenvalue weighted by molar-refractivity contribution is 5.79. The topological polar surface area (TPSA) is 94.9 Å². The average Bonchev–Trinajstić information content (AvgIpc) is 3.05. The molecule has 0 aliphatic rings. The monoisotopic (exact) mass is 357 g/mol. The minimum Gasteiger partial charge on any atom is -0.493 e. The Bertz CT molecular complexity index is 1010. The molecular weight excluding hydrogens is 338 g/mol. The summed E-state index contributed by atoms with van der Waals surface area (Å²) in [4.78, 5) is 28.5. The van der Waals surface area contributed by atoms with Crippen molar-refractivity contribution in [2.24, 2.45) is 0 Å². The van der Waals surface area contributed by atoms with E-state index >= 15 is 0 Å². The minimum atomic E-state index is -0.424. The molecule has 0 atom stereocenters. The van der Waals surface area contributed by atoms with Gasteiger partial charge in [-0.2, -0.15) is 0 Å². The summed E-state index contributed by atoms with van der Waals surface area (Å²) in [6.07, 6.45) is 1.62. The van der Waals surface area contributed by atoms with E-state index in [-0.39, 0.29) is 18.6 Å². The van der Waals surface area contributed by atoms with E-state index in [1.807, 2.05) is 6.07 Å². The van der Waals surface area contributed by atoms with Crippen molar-refractivity contribution in [3.05, 3.63) is 46.5 Å². The maximum Gasteiger partial charge on any atom is 0.311 e. The first-order chi connectivity index (χ1) is 12.6. The fraction of sp³-hybridized carbons (Fsp3) is 0.278. The molecule has 0 fully saturated rings. The van der Waals surface area contributed by atoms with Gasteiger partial charge in [-0.05, 0) is 24.6 Å². The molecule has 8 nitrogen and oxygen atoms in total. The minimum absolute atomic E-state index is 0.0594. The van der Waals surface area contributed by atoms with Gasteiger partial charge < -0.3 is 14.2 Å². The van der Waals surface area contributed by atoms with Crippen molar-refractivity contribution in [1.29, 1.82) is 0 Å². The molecule has 0 aliphatic heterocycles. The van der Waals surface area contributed by atoms with Crippen LogP contribution in [-0.2, 0) is 16.0 Å². The smallest absolute Gasteiger partial charge is 0.311 e. The van der Waals surface area contributed by atoms with Gasteiger partial charge in [0.25, 0.3) is 5.56 Å². The number of hydrogen-bond acceptors (Lipinski definition) is 6. The Morgan fingerprint density at radius 1 is 1.19 bits per heavy atom. The van der Waals surface area contributed by atoms with Crippen LogP contribution in [0, 0.1) is 0 Å². The second-order valence-corrected chi connectivity index (χ2v) is 5.48. The Hall–Kier alpha value is -3.29. The first kappa shape index (κ1) is 17.5. The summed E-state index contributed by atoms with van der Waals surface area (Å²) in [6, 6.07) is 6.73. The fourth-order valence-corrected chi connectivity index (χ4v) is 2.70. The molecule has 0 saturated heterocycles. The lowest BCUT2D eigenvalue weighted by Crippen LogP contribution is -2.18. The standard InChI is InChI=1S/C18H19N3O5/c1-4-26-17(23)9-12-8-16(22)21-18(20-12)13(10-19-21)11-5-6-14(24-2)15(7-11)25-3/h5-8,10,19H,4,9H2,1-3H3. The number of carbonyl (C=O) groups is 1. The molecule has 0 amide bonds. The molecule has 3 aromatic rings. The van der Waals surface area contributed by atoms with Crippen LogP contribution >= 0.6 is 0 Å². The highest BCUT2D eigenvalue weighted by atomic mass is 16.5. The lowest BCUT2D eigenvalue weighted by atomic mass is 10.1. The molecule has 1 N–H and O–H groups in total. The molecule has 0 radical (unpaired) electrons. The van der Waals surface area contributed by atoms with Crippen molar-refractivity contribution in [3.63, 3.8) is 0 Å². The van der Waals surface area contributed by atoms with Crippen LogP contribution in [-0.4, -0.2) is 41.4 Å². The third kappa shape index (κ3) is 3.26. The van der Waals surface area contributed by atoms with Crippen molar-refractivity contribution in [2.75, 3.05) is 20.8 Å². The Morgan fingerprint density at radius 3 is 2.65 bits per heavy atom. The number of fused-ring (bicyclic) bond motifs is 1. The van der Waals surface area contributed by atoms with Gasteiger partial charge in [-0.25, -0.2) is 9.50 Å². The number of nitrogens with zero attached hydrogens (tertiary/aromatic N) is 2. The van der Waals surface area contributed by atoms with E-state index in [9.17, 15) is 9.59 Å². The number of benzene rings is 1. The van der Waals surface area contributed by atoms with Crippen molar-refractivity contribution < 1.29 is 19.0 Å². The molecule has 2 heterocycles. The maximum absolute atomic E-state index is 12.3. The molecule has 0 spiro atoms. The van der Waals surface area contributed by atoms with E-state index in [1.54, 1.807) is 39.5 Å². The van der Waals surface area contributed by atoms with Crippen LogP contribution in [0.4, 0.5) is 0 Å². The van der Waals surface area contributed by atoms with Gasteiger partial charge in [0.05, 0.1) is 32.9 Å². The second-order valence-electron chi connectivity index (χ2n) is 5.48. The van der Waals surface area contributed by atoms with Gasteiger partial charge in [0.1, 0.15) is 0 Å². The number of ether oxygens (including phenoxy) is 3. The number of aromatic amines is 1. The summed E-state index contributed by atoms with van der Waals surface area (Å²) in [6.45, 7) is 2.01. The summed E-state index contributed by atoms with van der Waals surface area (Å²) in [5, 5.41) is 2.88. The number of nitrogens with one attached hydrogen (secondary N) is 1. The van der Waals surface area contributed by atoms with Crippen LogP contribution in [0.3, 0.4) is 0 Å². The van der Waals surface area contributed by atoms with Gasteiger partial charge in [-0.15, -0.1) is 0 Å². The molecule has 0 bridgehead atoms. The van der Waals surface area contributed by atoms with Gasteiger partial charge in [-0.1, -0.05) is 6.07 Å². The Kier molecular flexibility index (Phi) is 4.92. The molecular formula is C18H19N3O5. The lowest BCUT2D eigenvalue weighted by molar-refractivity contribution is -0.142. The quantitative estimate of drug-likeness (QED) is 0.676. The van der Waals surface area contributed by atoms with Crippen molar-refractivity contribution >= 4 is 11.6 Å². The van der Waals surface area contributed by atoms with Crippen molar-refractivity contribution in [3.8, 4) is 22.6 Å². The Labute approximate surface area is 149 Å². The van der Waals surface area contributed by atoms with Crippen LogP contribution in [0.2, 0.25) is 0 Å². The molecule has 136 valence electrons. The number of rotatable bonds is 6. The summed E-state index contributed by atoms with van der Waals surface area (Å²) < 4.78 is 16.8. The zero-order chi connectivity index (χ0) is 18.7. The third-order valence-electron chi connectivity index (χ3n) is 3.88. The molecule has 2 aromatic heterocycles. The highest BCUT2D eigenvalue weighted by Crippen LogP contribution is 2.33. The Morgan fingerprint density at radius 2 is 1.96 bits per heavy atom. The molecule has 1 aromatic carbocycles. The normalized spacial score (nSPS) is 10.7. The van der Waals surface area contributed by atoms with Crippen molar-refractivity contribution in [1.82, 2.24) is 14.6 Å². The SMILES string of the molecule is CCOC(=O)Cc1cc(=O)n2[nH]cc(-c3ccc(OC)c(OC)c3)c2n1. The number of hydrogen-bond donors (Lipinski definition) is 1. The summed E-state index contributed by atoms with van der Waals surface area (Å²) >= 11 is 0. The van der Waals surface area contributed by atoms with E-state index < -0.39 is 5.97 Å². The first-order valence-electron chi connectivity index (χ1n) is 8.05. The predicted molar refractivity (Wildman–Crippen MR) is 94.7 cm³/mol. The summed E-state index contributed by atoms with van der Waals surface area (Å²) in [5.41, 5.74) is 1.97. The van der Waals surface area contributed by atoms with Gasteiger partial charge in [-0.3, -0.25) is 14.7 Å². The van der Waals surface area contributed by atoms with Crippen LogP contribution in [0.5, 0.6) is 11.5 Å². The third-order valence-corrected chi connectivity index (χ3v) is 3.88. The molecule has 0 unspecified atom stereocenters. The van der Waals surface area contributed by atoms with Gasteiger partial charge in [0, 0.05) is 17.8 Å². The number of aromatic nitrogens is 3. The molecule has 26 heavy (non-hydrogen) atoms. The zero-order valence-corrected chi connectivity index (χ0v) is 14.7. The molecule has 8 heteroatoms. The number of carbonyl (C=O) groups excluding carboxylic acids is 1. The highest BCUT2D eigenvalue weighted by Gasteiger charge is 2.15.